The van der Waals surface area contributed by atoms with Crippen molar-refractivity contribution in [2.45, 2.75) is 130 Å². The summed E-state index contributed by atoms with van der Waals surface area (Å²) in [5.74, 6) is 5.08. The molecule has 3 heteroatoms. The van der Waals surface area contributed by atoms with Crippen LogP contribution in [0.3, 0.4) is 0 Å². The van der Waals surface area contributed by atoms with Crippen LogP contribution in [0.5, 0.6) is 0 Å². The van der Waals surface area contributed by atoms with Crippen LogP contribution in [-0.2, 0) is 9.53 Å². The second kappa shape index (κ2) is 10.5. The Morgan fingerprint density at radius 1 is 1.06 bits per heavy atom. The van der Waals surface area contributed by atoms with Gasteiger partial charge in [-0.1, -0.05) is 65.5 Å². The molecule has 0 saturated heterocycles. The first-order valence-corrected chi connectivity index (χ1v) is 15.0. The van der Waals surface area contributed by atoms with Crippen molar-refractivity contribution in [1.29, 1.82) is 0 Å². The summed E-state index contributed by atoms with van der Waals surface area (Å²) in [5.41, 5.74) is 2.45. The van der Waals surface area contributed by atoms with E-state index >= 15 is 0 Å². The van der Waals surface area contributed by atoms with Gasteiger partial charge in [0.2, 0.25) is 0 Å². The summed E-state index contributed by atoms with van der Waals surface area (Å²) in [6, 6.07) is 0. The molecule has 0 spiro atoms. The van der Waals surface area contributed by atoms with Crippen molar-refractivity contribution in [2.75, 3.05) is 0 Å². The maximum Gasteiger partial charge on any atom is 0.307 e. The van der Waals surface area contributed by atoms with Crippen molar-refractivity contribution in [3.63, 3.8) is 0 Å². The Morgan fingerprint density at radius 2 is 1.82 bits per heavy atom. The number of ether oxygens (including phenoxy) is 1. The molecule has 0 amide bonds. The fraction of sp³-hybridized carbons (Fsp3) is 0.903. The van der Waals surface area contributed by atoms with Crippen LogP contribution in [0.2, 0.25) is 0 Å². The minimum atomic E-state index is -0.152. The molecule has 0 heterocycles. The van der Waals surface area contributed by atoms with Gasteiger partial charge in [-0.05, 0) is 98.2 Å². The van der Waals surface area contributed by atoms with Crippen LogP contribution in [-0.4, -0.2) is 17.5 Å². The molecule has 0 aromatic carbocycles. The van der Waals surface area contributed by atoms with E-state index < -0.39 is 0 Å². The van der Waals surface area contributed by atoms with Gasteiger partial charge in [-0.3, -0.25) is 4.79 Å². The van der Waals surface area contributed by atoms with Crippen LogP contribution < -0.4 is 0 Å². The molecule has 194 valence electrons. The highest BCUT2D eigenvalue weighted by atomic mass is 35.5. The average Bonchev–Trinajstić information content (AvgIpc) is 3.10. The first-order chi connectivity index (χ1) is 16.0. The van der Waals surface area contributed by atoms with Gasteiger partial charge in [0, 0.05) is 11.8 Å². The van der Waals surface area contributed by atoms with E-state index in [9.17, 15) is 4.79 Å². The molecule has 9 atom stereocenters. The van der Waals surface area contributed by atoms with Crippen LogP contribution >= 0.6 is 11.6 Å². The van der Waals surface area contributed by atoms with Crippen molar-refractivity contribution in [2.24, 2.45) is 46.3 Å². The van der Waals surface area contributed by atoms with Gasteiger partial charge in [-0.2, -0.15) is 0 Å². The number of esters is 1. The molecule has 0 radical (unpaired) electrons. The van der Waals surface area contributed by atoms with Gasteiger partial charge in [0.25, 0.3) is 0 Å². The van der Waals surface area contributed by atoms with Gasteiger partial charge in [0.1, 0.15) is 6.10 Å². The van der Waals surface area contributed by atoms with E-state index in [0.29, 0.717) is 17.3 Å². The molecule has 3 fully saturated rings. The lowest BCUT2D eigenvalue weighted by molar-refractivity contribution is -0.151. The highest BCUT2D eigenvalue weighted by Crippen LogP contribution is 2.67. The number of allylic oxidation sites excluding steroid dienone is 1. The van der Waals surface area contributed by atoms with Crippen molar-refractivity contribution in [3.8, 4) is 0 Å². The monoisotopic (exact) mass is 490 g/mol. The number of hydrogen-bond donors (Lipinski definition) is 0. The smallest absolute Gasteiger partial charge is 0.307 e. The molecule has 4 aliphatic carbocycles. The van der Waals surface area contributed by atoms with E-state index in [2.05, 4.69) is 40.7 Å². The van der Waals surface area contributed by atoms with Crippen LogP contribution in [0.15, 0.2) is 11.6 Å². The maximum absolute atomic E-state index is 12.2. The molecule has 4 rings (SSSR count). The normalized spacial score (nSPS) is 41.2. The van der Waals surface area contributed by atoms with Gasteiger partial charge >= 0.3 is 5.97 Å². The highest BCUT2D eigenvalue weighted by Gasteiger charge is 2.59. The van der Waals surface area contributed by atoms with Gasteiger partial charge in [0.05, 0.1) is 6.42 Å². The Bertz CT molecular complexity index is 757. The molecule has 0 aromatic rings. The van der Waals surface area contributed by atoms with Crippen LogP contribution in [0.4, 0.5) is 0 Å². The number of hydrogen-bond acceptors (Lipinski definition) is 2. The SMILES string of the molecule is CC(C)CCC[C@H](C)[C@@H]1CC[C@@H]2[C@H]3CC=C4C[C@@H](OC(=O)C[C@H](C)Cl)CC[C@]4(C)[C@@H]3CC[C@@]21C. The second-order valence-electron chi connectivity index (χ2n) is 13.6. The number of carbonyl (C=O) groups is 1. The number of rotatable bonds is 8. The van der Waals surface area contributed by atoms with E-state index in [1.165, 1.54) is 57.8 Å². The van der Waals surface area contributed by atoms with Crippen molar-refractivity contribution < 1.29 is 9.53 Å². The minimum Gasteiger partial charge on any atom is -0.462 e. The summed E-state index contributed by atoms with van der Waals surface area (Å²) in [4.78, 5) is 12.2. The summed E-state index contributed by atoms with van der Waals surface area (Å²) in [6.07, 6.45) is 17.3. The number of carbonyl (C=O) groups excluding carboxylic acids is 1. The summed E-state index contributed by atoms with van der Waals surface area (Å²) >= 11 is 6.01. The van der Waals surface area contributed by atoms with Crippen LogP contribution in [0, 0.1) is 46.3 Å². The van der Waals surface area contributed by atoms with Crippen molar-refractivity contribution in [1.82, 2.24) is 0 Å². The molecular weight excluding hydrogens is 440 g/mol. The third-order valence-electron chi connectivity index (χ3n) is 11.0. The van der Waals surface area contributed by atoms with Gasteiger partial charge in [-0.25, -0.2) is 0 Å². The molecule has 3 saturated carbocycles. The highest BCUT2D eigenvalue weighted by molar-refractivity contribution is 6.21. The third-order valence-corrected chi connectivity index (χ3v) is 11.2. The first-order valence-electron chi connectivity index (χ1n) is 14.6. The van der Waals surface area contributed by atoms with Gasteiger partial charge in [0.15, 0.2) is 0 Å². The second-order valence-corrected chi connectivity index (χ2v) is 14.4. The average molecular weight is 491 g/mol. The Labute approximate surface area is 215 Å². The van der Waals surface area contributed by atoms with E-state index in [-0.39, 0.29) is 17.5 Å². The molecule has 0 aromatic heterocycles. The van der Waals surface area contributed by atoms with E-state index in [4.69, 9.17) is 16.3 Å². The van der Waals surface area contributed by atoms with Crippen LogP contribution in [0.25, 0.3) is 0 Å². The summed E-state index contributed by atoms with van der Waals surface area (Å²) in [6.45, 7) is 14.4. The van der Waals surface area contributed by atoms with E-state index in [0.717, 1.165) is 48.3 Å². The zero-order valence-corrected chi connectivity index (χ0v) is 23.6. The molecule has 4 aliphatic rings. The number of alkyl halides is 1. The topological polar surface area (TPSA) is 26.3 Å². The number of fused-ring (bicyclic) bond motifs is 5. The zero-order chi connectivity index (χ0) is 24.7. The maximum atomic E-state index is 12.2. The Morgan fingerprint density at radius 3 is 2.53 bits per heavy atom. The lowest BCUT2D eigenvalue weighted by Crippen LogP contribution is -2.51. The van der Waals surface area contributed by atoms with Crippen molar-refractivity contribution >= 4 is 17.6 Å². The first kappa shape index (κ1) is 26.6. The Hall–Kier alpha value is -0.500. The van der Waals surface area contributed by atoms with E-state index in [1.54, 1.807) is 5.57 Å². The lowest BCUT2D eigenvalue weighted by atomic mass is 9.47. The zero-order valence-electron chi connectivity index (χ0n) is 22.9. The molecule has 0 aliphatic heterocycles. The fourth-order valence-corrected chi connectivity index (χ4v) is 9.34. The summed E-state index contributed by atoms with van der Waals surface area (Å²) in [7, 11) is 0. The molecular formula is C31H51ClO2. The van der Waals surface area contributed by atoms with E-state index in [1.807, 2.05) is 6.92 Å². The predicted octanol–water partition coefficient (Wildman–Crippen LogP) is 8.96. The lowest BCUT2D eigenvalue weighted by Gasteiger charge is -2.58. The molecule has 0 bridgehead atoms. The standard InChI is InChI=1S/C31H51ClO2/c1-20(2)8-7-9-21(3)26-12-13-27-25-11-10-23-19-24(34-29(33)18-22(4)32)14-16-30(23,5)28(25)15-17-31(26,27)6/h10,20-22,24-28H,7-9,11-19H2,1-6H3/t21-,22-,24-,25+,26-,27+,28+,30-,31+/m0/s1. The van der Waals surface area contributed by atoms with Gasteiger partial charge < -0.3 is 4.74 Å². The summed E-state index contributed by atoms with van der Waals surface area (Å²) in [5, 5.41) is -0.152. The third kappa shape index (κ3) is 5.14. The largest absolute Gasteiger partial charge is 0.462 e. The molecule has 0 N–H and O–H groups in total. The Kier molecular flexibility index (Phi) is 8.18. The Balaban J connectivity index is 1.42. The summed E-state index contributed by atoms with van der Waals surface area (Å²) < 4.78 is 5.84. The fourth-order valence-electron chi connectivity index (χ4n) is 9.22. The van der Waals surface area contributed by atoms with Gasteiger partial charge in [-0.15, -0.1) is 11.6 Å². The molecule has 2 nitrogen and oxygen atoms in total. The molecule has 0 unspecified atom stereocenters. The van der Waals surface area contributed by atoms with Crippen LogP contribution in [0.1, 0.15) is 119 Å². The minimum absolute atomic E-state index is 0.0511. The quantitative estimate of drug-likeness (QED) is 0.193. The molecule has 34 heavy (non-hydrogen) atoms. The predicted molar refractivity (Wildman–Crippen MR) is 143 cm³/mol. The van der Waals surface area contributed by atoms with Crippen molar-refractivity contribution in [3.05, 3.63) is 11.6 Å². The number of halogens is 1.